The number of nitrogens with zero attached hydrogens (tertiary/aromatic N) is 1. The number of aromatic nitrogens is 1. The standard InChI is InChI=1S/C11H8BrNO2S2/c12-5-1-9(16-3-5)8-4-17-10(13-8)6-2-7(6)11(14)15/h1,3-4,6-7H,2H2,(H,14,15). The molecule has 0 aromatic carbocycles. The zero-order valence-electron chi connectivity index (χ0n) is 8.59. The molecule has 0 aliphatic heterocycles. The molecule has 0 bridgehead atoms. The van der Waals surface area contributed by atoms with Crippen LogP contribution in [0.4, 0.5) is 0 Å². The van der Waals surface area contributed by atoms with Crippen LogP contribution in [-0.4, -0.2) is 16.1 Å². The van der Waals surface area contributed by atoms with Crippen LogP contribution < -0.4 is 0 Å². The van der Waals surface area contributed by atoms with E-state index in [4.69, 9.17) is 5.11 Å². The molecule has 1 aliphatic carbocycles. The molecule has 2 atom stereocenters. The molecule has 88 valence electrons. The number of carboxylic acid groups (broad SMARTS) is 1. The highest BCUT2D eigenvalue weighted by atomic mass is 79.9. The first kappa shape index (κ1) is 11.4. The molecule has 1 N–H and O–H groups in total. The van der Waals surface area contributed by atoms with Crippen LogP contribution in [0.5, 0.6) is 0 Å². The predicted molar refractivity (Wildman–Crippen MR) is 71.6 cm³/mol. The van der Waals surface area contributed by atoms with Crippen LogP contribution in [0.3, 0.4) is 0 Å². The first-order chi connectivity index (χ1) is 8.15. The number of hydrogen-bond acceptors (Lipinski definition) is 4. The highest BCUT2D eigenvalue weighted by molar-refractivity contribution is 9.10. The Morgan fingerprint density at radius 1 is 1.47 bits per heavy atom. The molecular weight excluding hydrogens is 322 g/mol. The molecule has 0 spiro atoms. The molecule has 3 rings (SSSR count). The molecule has 2 aromatic heterocycles. The van der Waals surface area contributed by atoms with E-state index in [0.29, 0.717) is 0 Å². The van der Waals surface area contributed by atoms with Gasteiger partial charge in [-0.1, -0.05) is 0 Å². The Hall–Kier alpha value is -0.720. The van der Waals surface area contributed by atoms with Gasteiger partial charge in [0.25, 0.3) is 0 Å². The lowest BCUT2D eigenvalue weighted by Gasteiger charge is -1.90. The lowest BCUT2D eigenvalue weighted by molar-refractivity contribution is -0.138. The van der Waals surface area contributed by atoms with Crippen molar-refractivity contribution in [1.82, 2.24) is 4.98 Å². The lowest BCUT2D eigenvalue weighted by Crippen LogP contribution is -1.98. The summed E-state index contributed by atoms with van der Waals surface area (Å²) < 4.78 is 1.06. The smallest absolute Gasteiger partial charge is 0.307 e. The second-order valence-electron chi connectivity index (χ2n) is 3.99. The van der Waals surface area contributed by atoms with Crippen molar-refractivity contribution < 1.29 is 9.90 Å². The van der Waals surface area contributed by atoms with Gasteiger partial charge in [-0.05, 0) is 28.4 Å². The van der Waals surface area contributed by atoms with Crippen LogP contribution in [-0.2, 0) is 4.79 Å². The maximum Gasteiger partial charge on any atom is 0.307 e. The van der Waals surface area contributed by atoms with Gasteiger partial charge in [-0.3, -0.25) is 4.79 Å². The normalized spacial score (nSPS) is 22.6. The van der Waals surface area contributed by atoms with Crippen molar-refractivity contribution in [1.29, 1.82) is 0 Å². The quantitative estimate of drug-likeness (QED) is 0.931. The lowest BCUT2D eigenvalue weighted by atomic mass is 10.3. The SMILES string of the molecule is O=C(O)C1CC1c1nc(-c2cc(Br)cs2)cs1. The number of rotatable bonds is 3. The Morgan fingerprint density at radius 3 is 2.88 bits per heavy atom. The van der Waals surface area contributed by atoms with Crippen LogP contribution in [0.15, 0.2) is 21.3 Å². The van der Waals surface area contributed by atoms with Crippen molar-refractivity contribution >= 4 is 44.6 Å². The van der Waals surface area contributed by atoms with Crippen LogP contribution in [0.25, 0.3) is 10.6 Å². The highest BCUT2D eigenvalue weighted by Crippen LogP contribution is 2.49. The van der Waals surface area contributed by atoms with Crippen LogP contribution in [0.2, 0.25) is 0 Å². The summed E-state index contributed by atoms with van der Waals surface area (Å²) >= 11 is 6.61. The first-order valence-corrected chi connectivity index (χ1v) is 7.63. The van der Waals surface area contributed by atoms with Crippen molar-refractivity contribution in [2.24, 2.45) is 5.92 Å². The van der Waals surface area contributed by atoms with Gasteiger partial charge in [0.1, 0.15) is 0 Å². The molecule has 0 saturated heterocycles. The summed E-state index contributed by atoms with van der Waals surface area (Å²) in [6.45, 7) is 0. The number of aliphatic carboxylic acids is 1. The number of halogens is 1. The van der Waals surface area contributed by atoms with Gasteiger partial charge in [-0.25, -0.2) is 4.98 Å². The zero-order chi connectivity index (χ0) is 12.0. The zero-order valence-corrected chi connectivity index (χ0v) is 11.8. The van der Waals surface area contributed by atoms with E-state index in [2.05, 4.69) is 20.9 Å². The summed E-state index contributed by atoms with van der Waals surface area (Å²) in [4.78, 5) is 16.4. The van der Waals surface area contributed by atoms with Crippen molar-refractivity contribution in [3.8, 4) is 10.6 Å². The minimum Gasteiger partial charge on any atom is -0.481 e. The molecule has 6 heteroatoms. The van der Waals surface area contributed by atoms with Gasteiger partial charge in [-0.15, -0.1) is 22.7 Å². The van der Waals surface area contributed by atoms with Crippen LogP contribution in [0.1, 0.15) is 17.3 Å². The average molecular weight is 330 g/mol. The van der Waals surface area contributed by atoms with Gasteiger partial charge in [0.05, 0.1) is 21.5 Å². The molecule has 3 nitrogen and oxygen atoms in total. The van der Waals surface area contributed by atoms with E-state index < -0.39 is 5.97 Å². The fraction of sp³-hybridized carbons (Fsp3) is 0.273. The second-order valence-corrected chi connectivity index (χ2v) is 6.70. The topological polar surface area (TPSA) is 50.2 Å². The van der Waals surface area contributed by atoms with Crippen molar-refractivity contribution in [3.05, 3.63) is 26.3 Å². The largest absolute Gasteiger partial charge is 0.481 e. The van der Waals surface area contributed by atoms with Crippen molar-refractivity contribution in [3.63, 3.8) is 0 Å². The fourth-order valence-electron chi connectivity index (χ4n) is 1.76. The summed E-state index contributed by atoms with van der Waals surface area (Å²) in [7, 11) is 0. The van der Waals surface area contributed by atoms with Gasteiger partial charge in [0, 0.05) is 21.2 Å². The molecular formula is C11H8BrNO2S2. The monoisotopic (exact) mass is 329 g/mol. The summed E-state index contributed by atoms with van der Waals surface area (Å²) in [6, 6.07) is 2.03. The summed E-state index contributed by atoms with van der Waals surface area (Å²) in [5, 5.41) is 13.9. The minimum atomic E-state index is -0.703. The van der Waals surface area contributed by atoms with Crippen LogP contribution in [0, 0.1) is 5.92 Å². The molecule has 1 saturated carbocycles. The molecule has 2 heterocycles. The van der Waals surface area contributed by atoms with Gasteiger partial charge in [0.15, 0.2) is 0 Å². The number of hydrogen-bond donors (Lipinski definition) is 1. The Labute approximate surface area is 114 Å². The third kappa shape index (κ3) is 2.17. The van der Waals surface area contributed by atoms with E-state index in [1.807, 2.05) is 16.8 Å². The summed E-state index contributed by atoms with van der Waals surface area (Å²) in [5.74, 6) is -0.788. The Kier molecular flexibility index (Phi) is 2.80. The molecule has 1 aliphatic rings. The molecule has 0 radical (unpaired) electrons. The second kappa shape index (κ2) is 4.19. The number of carbonyl (C=O) groups is 1. The number of thiazole rings is 1. The van der Waals surface area contributed by atoms with E-state index in [-0.39, 0.29) is 11.8 Å². The van der Waals surface area contributed by atoms with Gasteiger partial charge < -0.3 is 5.11 Å². The van der Waals surface area contributed by atoms with Gasteiger partial charge >= 0.3 is 5.97 Å². The Bertz CT molecular complexity index is 578. The van der Waals surface area contributed by atoms with E-state index in [1.165, 1.54) is 0 Å². The minimum absolute atomic E-state index is 0.134. The van der Waals surface area contributed by atoms with E-state index in [1.54, 1.807) is 22.7 Å². The maximum atomic E-state index is 10.8. The molecule has 2 unspecified atom stereocenters. The van der Waals surface area contributed by atoms with Crippen molar-refractivity contribution in [2.75, 3.05) is 0 Å². The summed E-state index contributed by atoms with van der Waals surface area (Å²) in [5.41, 5.74) is 0.955. The van der Waals surface area contributed by atoms with Crippen molar-refractivity contribution in [2.45, 2.75) is 12.3 Å². The fourth-order valence-corrected chi connectivity index (χ4v) is 4.22. The highest BCUT2D eigenvalue weighted by Gasteiger charge is 2.46. The molecule has 2 aromatic rings. The Morgan fingerprint density at radius 2 is 2.29 bits per heavy atom. The van der Waals surface area contributed by atoms with E-state index in [0.717, 1.165) is 26.5 Å². The number of carboxylic acids is 1. The summed E-state index contributed by atoms with van der Waals surface area (Å²) in [6.07, 6.45) is 0.733. The van der Waals surface area contributed by atoms with Gasteiger partial charge in [-0.2, -0.15) is 0 Å². The Balaban J connectivity index is 1.82. The third-order valence-corrected chi connectivity index (χ3v) is 5.46. The van der Waals surface area contributed by atoms with E-state index in [9.17, 15) is 4.79 Å². The van der Waals surface area contributed by atoms with Crippen LogP contribution >= 0.6 is 38.6 Å². The first-order valence-electron chi connectivity index (χ1n) is 5.08. The molecule has 0 amide bonds. The molecule has 17 heavy (non-hydrogen) atoms. The number of thiophene rings is 1. The maximum absolute atomic E-state index is 10.8. The van der Waals surface area contributed by atoms with E-state index >= 15 is 0 Å². The third-order valence-electron chi connectivity index (χ3n) is 2.77. The molecule has 1 fully saturated rings. The average Bonchev–Trinajstić information content (AvgIpc) is 2.74. The predicted octanol–water partition coefficient (Wildman–Crippen LogP) is 3.82. The van der Waals surface area contributed by atoms with Gasteiger partial charge in [0.2, 0.25) is 0 Å².